The van der Waals surface area contributed by atoms with Gasteiger partial charge in [0, 0.05) is 13.0 Å². The Kier molecular flexibility index (Phi) is 5.21. The number of nitriles is 1. The number of carbonyl (C=O) groups excluding carboxylic acids is 1. The summed E-state index contributed by atoms with van der Waals surface area (Å²) in [5, 5.41) is 11.8. The molecular formula is C11H12F3N3O2S. The summed E-state index contributed by atoms with van der Waals surface area (Å²) in [4.78, 5) is 11.7. The summed E-state index contributed by atoms with van der Waals surface area (Å²) in [5.41, 5.74) is 5.59. The first-order valence-corrected chi connectivity index (χ1v) is 6.33. The molecule has 9 heteroatoms. The summed E-state index contributed by atoms with van der Waals surface area (Å²) < 4.78 is 40.5. The molecule has 0 radical (unpaired) electrons. The lowest BCUT2D eigenvalue weighted by Crippen LogP contribution is -2.12. The van der Waals surface area contributed by atoms with Crippen LogP contribution in [-0.2, 0) is 4.74 Å². The van der Waals surface area contributed by atoms with Gasteiger partial charge in [0.15, 0.2) is 0 Å². The number of rotatable bonds is 5. The Labute approximate surface area is 117 Å². The smallest absolute Gasteiger partial charge is 0.389 e. The fraction of sp³-hybridized carbons (Fsp3) is 0.455. The second kappa shape index (κ2) is 6.47. The molecule has 0 amide bonds. The molecule has 1 heterocycles. The molecule has 0 atom stereocenters. The number of nitrogens with zero attached hydrogens (tertiary/aromatic N) is 1. The van der Waals surface area contributed by atoms with E-state index >= 15 is 0 Å². The van der Waals surface area contributed by atoms with Crippen molar-refractivity contribution in [3.05, 3.63) is 10.4 Å². The molecule has 0 aliphatic carbocycles. The molecule has 1 aromatic heterocycles. The quantitative estimate of drug-likeness (QED) is 0.645. The number of hydrogen-bond donors (Lipinski definition) is 2. The first-order valence-electron chi connectivity index (χ1n) is 5.51. The van der Waals surface area contributed by atoms with Crippen LogP contribution < -0.4 is 11.1 Å². The number of thiophene rings is 1. The van der Waals surface area contributed by atoms with Crippen molar-refractivity contribution < 1.29 is 22.7 Å². The predicted octanol–water partition coefficient (Wildman–Crippen LogP) is 2.74. The van der Waals surface area contributed by atoms with E-state index in [0.29, 0.717) is 0 Å². The minimum absolute atomic E-state index is 0.00826. The highest BCUT2D eigenvalue weighted by atomic mass is 32.1. The van der Waals surface area contributed by atoms with Gasteiger partial charge in [-0.2, -0.15) is 18.4 Å². The second-order valence-electron chi connectivity index (χ2n) is 3.80. The molecule has 0 spiro atoms. The number of halogens is 3. The van der Waals surface area contributed by atoms with Gasteiger partial charge in [-0.3, -0.25) is 0 Å². The molecule has 0 fully saturated rings. The van der Waals surface area contributed by atoms with Gasteiger partial charge in [-0.15, -0.1) is 11.3 Å². The van der Waals surface area contributed by atoms with Crippen LogP contribution in [0.4, 0.5) is 23.9 Å². The molecule has 0 saturated carbocycles. The molecule has 20 heavy (non-hydrogen) atoms. The zero-order valence-electron chi connectivity index (χ0n) is 10.5. The number of hydrogen-bond acceptors (Lipinski definition) is 6. The van der Waals surface area contributed by atoms with E-state index in [9.17, 15) is 18.0 Å². The van der Waals surface area contributed by atoms with E-state index in [2.05, 4.69) is 10.1 Å². The number of ether oxygens (including phenoxy) is 1. The molecule has 3 N–H and O–H groups in total. The van der Waals surface area contributed by atoms with Crippen molar-refractivity contribution in [2.45, 2.75) is 19.0 Å². The molecule has 0 unspecified atom stereocenters. The number of alkyl halides is 3. The molecule has 0 aliphatic heterocycles. The number of carbonyl (C=O) groups is 1. The SMILES string of the molecule is COC(=O)c1c(NCCCC(F)(F)F)sc(C#N)c1N. The topological polar surface area (TPSA) is 88.1 Å². The number of nitrogen functional groups attached to an aromatic ring is 1. The van der Waals surface area contributed by atoms with Crippen LogP contribution in [0.15, 0.2) is 0 Å². The standard InChI is InChI=1S/C11H12F3N3O2S/c1-19-10(18)7-8(16)6(5-15)20-9(7)17-4-2-3-11(12,13)14/h17H,2-4,16H2,1H3. The van der Waals surface area contributed by atoms with Gasteiger partial charge in [0.25, 0.3) is 0 Å². The van der Waals surface area contributed by atoms with Crippen molar-refractivity contribution in [3.8, 4) is 6.07 Å². The van der Waals surface area contributed by atoms with E-state index in [1.54, 1.807) is 0 Å². The maximum absolute atomic E-state index is 12.0. The lowest BCUT2D eigenvalue weighted by atomic mass is 10.2. The molecule has 110 valence electrons. The highest BCUT2D eigenvalue weighted by molar-refractivity contribution is 7.17. The fourth-order valence-electron chi connectivity index (χ4n) is 1.45. The Balaban J connectivity index is 2.79. The van der Waals surface area contributed by atoms with Crippen LogP contribution in [0, 0.1) is 11.3 Å². The van der Waals surface area contributed by atoms with E-state index in [4.69, 9.17) is 11.0 Å². The van der Waals surface area contributed by atoms with Gasteiger partial charge in [-0.25, -0.2) is 4.79 Å². The number of methoxy groups -OCH3 is 1. The lowest BCUT2D eigenvalue weighted by molar-refractivity contribution is -0.134. The molecule has 0 aromatic carbocycles. The van der Waals surface area contributed by atoms with Gasteiger partial charge in [0.1, 0.15) is 21.5 Å². The highest BCUT2D eigenvalue weighted by Gasteiger charge is 2.26. The first-order chi connectivity index (χ1) is 9.30. The molecular weight excluding hydrogens is 295 g/mol. The van der Waals surface area contributed by atoms with Crippen LogP contribution in [-0.4, -0.2) is 25.8 Å². The normalized spacial score (nSPS) is 10.9. The van der Waals surface area contributed by atoms with Crippen molar-refractivity contribution in [1.29, 1.82) is 5.26 Å². The number of nitrogens with one attached hydrogen (secondary N) is 1. The van der Waals surface area contributed by atoms with Crippen LogP contribution in [0.1, 0.15) is 28.1 Å². The third kappa shape index (κ3) is 4.03. The van der Waals surface area contributed by atoms with Gasteiger partial charge >= 0.3 is 12.1 Å². The summed E-state index contributed by atoms with van der Waals surface area (Å²) in [6, 6.07) is 1.82. The van der Waals surface area contributed by atoms with Crippen molar-refractivity contribution in [2.24, 2.45) is 0 Å². The number of anilines is 2. The van der Waals surface area contributed by atoms with Gasteiger partial charge in [-0.1, -0.05) is 0 Å². The number of esters is 1. The Bertz CT molecular complexity index is 534. The minimum Gasteiger partial charge on any atom is -0.465 e. The van der Waals surface area contributed by atoms with Crippen molar-refractivity contribution in [3.63, 3.8) is 0 Å². The third-order valence-corrected chi connectivity index (χ3v) is 3.43. The van der Waals surface area contributed by atoms with E-state index in [1.165, 1.54) is 0 Å². The van der Waals surface area contributed by atoms with Crippen LogP contribution >= 0.6 is 11.3 Å². The van der Waals surface area contributed by atoms with Crippen molar-refractivity contribution in [1.82, 2.24) is 0 Å². The van der Waals surface area contributed by atoms with Gasteiger partial charge in [0.05, 0.1) is 12.8 Å². The summed E-state index contributed by atoms with van der Waals surface area (Å²) >= 11 is 0.908. The first kappa shape index (κ1) is 16.1. The zero-order valence-corrected chi connectivity index (χ0v) is 11.3. The largest absolute Gasteiger partial charge is 0.465 e. The van der Waals surface area contributed by atoms with Gasteiger partial charge < -0.3 is 15.8 Å². The predicted molar refractivity (Wildman–Crippen MR) is 68.6 cm³/mol. The maximum Gasteiger partial charge on any atom is 0.389 e. The van der Waals surface area contributed by atoms with Crippen LogP contribution in [0.5, 0.6) is 0 Å². The van der Waals surface area contributed by atoms with Crippen LogP contribution in [0.2, 0.25) is 0 Å². The van der Waals surface area contributed by atoms with Crippen molar-refractivity contribution in [2.75, 3.05) is 24.7 Å². The molecule has 1 rings (SSSR count). The van der Waals surface area contributed by atoms with Crippen LogP contribution in [0.3, 0.4) is 0 Å². The highest BCUT2D eigenvalue weighted by Crippen LogP contribution is 2.35. The minimum atomic E-state index is -4.22. The summed E-state index contributed by atoms with van der Waals surface area (Å²) in [5.74, 6) is -0.737. The Hall–Kier alpha value is -1.95. The number of nitrogens with two attached hydrogens (primary N) is 1. The van der Waals surface area contributed by atoms with E-state index < -0.39 is 18.6 Å². The fourth-order valence-corrected chi connectivity index (χ4v) is 2.38. The lowest BCUT2D eigenvalue weighted by Gasteiger charge is -2.08. The molecule has 0 aliphatic rings. The molecule has 0 saturated heterocycles. The molecule has 5 nitrogen and oxygen atoms in total. The van der Waals surface area contributed by atoms with Crippen molar-refractivity contribution >= 4 is 28.0 Å². The molecule has 0 bridgehead atoms. The van der Waals surface area contributed by atoms with Crippen LogP contribution in [0.25, 0.3) is 0 Å². The zero-order chi connectivity index (χ0) is 15.3. The molecule has 1 aromatic rings. The summed E-state index contributed by atoms with van der Waals surface area (Å²) in [6.45, 7) is 0.00826. The second-order valence-corrected chi connectivity index (χ2v) is 4.82. The van der Waals surface area contributed by atoms with E-state index in [0.717, 1.165) is 18.4 Å². The van der Waals surface area contributed by atoms with E-state index in [-0.39, 0.29) is 34.1 Å². The third-order valence-electron chi connectivity index (χ3n) is 2.36. The Morgan fingerprint density at radius 1 is 1.55 bits per heavy atom. The average Bonchev–Trinajstić information content (AvgIpc) is 2.69. The van der Waals surface area contributed by atoms with Gasteiger partial charge in [-0.05, 0) is 6.42 Å². The average molecular weight is 307 g/mol. The summed E-state index contributed by atoms with van der Waals surface area (Å²) in [7, 11) is 1.15. The Morgan fingerprint density at radius 2 is 2.20 bits per heavy atom. The maximum atomic E-state index is 12.0. The van der Waals surface area contributed by atoms with Gasteiger partial charge in [0.2, 0.25) is 0 Å². The summed E-state index contributed by atoms with van der Waals surface area (Å²) in [6.07, 6.45) is -5.30. The monoisotopic (exact) mass is 307 g/mol. The Morgan fingerprint density at radius 3 is 2.70 bits per heavy atom. The van der Waals surface area contributed by atoms with E-state index in [1.807, 2.05) is 6.07 Å².